The van der Waals surface area contributed by atoms with Crippen molar-refractivity contribution in [3.63, 3.8) is 0 Å². The zero-order valence-electron chi connectivity index (χ0n) is 6.21. The van der Waals surface area contributed by atoms with Gasteiger partial charge in [-0.2, -0.15) is 5.10 Å². The van der Waals surface area contributed by atoms with E-state index in [9.17, 15) is 0 Å². The number of nitrogens with one attached hydrogen (secondary N) is 1. The van der Waals surface area contributed by atoms with Gasteiger partial charge in [-0.3, -0.25) is 5.10 Å². The molecule has 0 bridgehead atoms. The van der Waals surface area contributed by atoms with Crippen LogP contribution in [0.5, 0.6) is 0 Å². The minimum atomic E-state index is 0.696. The highest BCUT2D eigenvalue weighted by Gasteiger charge is 2.04. The molecule has 62 valence electrons. The summed E-state index contributed by atoms with van der Waals surface area (Å²) in [5.41, 5.74) is 0.696. The highest BCUT2D eigenvalue weighted by atomic mass is 79.9. The number of fused-ring (bicyclic) bond motifs is 1. The fourth-order valence-electron chi connectivity index (χ4n) is 0.858. The third-order valence-corrected chi connectivity index (χ3v) is 2.59. The fourth-order valence-corrected chi connectivity index (χ4v) is 1.56. The van der Waals surface area contributed by atoms with Crippen molar-refractivity contribution in [3.8, 4) is 0 Å². The summed E-state index contributed by atoms with van der Waals surface area (Å²) >= 11 is 4.81. The Morgan fingerprint density at radius 1 is 1.58 bits per heavy atom. The van der Waals surface area contributed by atoms with Crippen molar-refractivity contribution in [2.75, 3.05) is 6.26 Å². The molecule has 0 saturated heterocycles. The lowest BCUT2D eigenvalue weighted by atomic mass is 10.5. The van der Waals surface area contributed by atoms with E-state index in [4.69, 9.17) is 0 Å². The first-order chi connectivity index (χ1) is 5.81. The Balaban J connectivity index is 2.69. The van der Waals surface area contributed by atoms with E-state index in [1.54, 1.807) is 6.20 Å². The monoisotopic (exact) mass is 244 g/mol. The van der Waals surface area contributed by atoms with Gasteiger partial charge >= 0.3 is 0 Å². The fraction of sp³-hybridized carbons (Fsp3) is 0.167. The molecular formula is C6H5BrN4S. The van der Waals surface area contributed by atoms with Crippen LogP contribution in [0.3, 0.4) is 0 Å². The van der Waals surface area contributed by atoms with E-state index >= 15 is 0 Å². The Labute approximate surface area is 81.3 Å². The number of aromatic amines is 1. The van der Waals surface area contributed by atoms with Gasteiger partial charge in [0.1, 0.15) is 4.60 Å². The predicted octanol–water partition coefficient (Wildman–Crippen LogP) is 1.84. The van der Waals surface area contributed by atoms with Gasteiger partial charge in [0, 0.05) is 6.20 Å². The van der Waals surface area contributed by atoms with E-state index in [0.29, 0.717) is 5.65 Å². The van der Waals surface area contributed by atoms with Gasteiger partial charge < -0.3 is 0 Å². The Bertz CT molecular complexity index is 413. The van der Waals surface area contributed by atoms with Gasteiger partial charge in [0.25, 0.3) is 0 Å². The van der Waals surface area contributed by atoms with Gasteiger partial charge in [0.15, 0.2) is 10.8 Å². The van der Waals surface area contributed by atoms with E-state index in [2.05, 4.69) is 36.1 Å². The minimum Gasteiger partial charge on any atom is -0.269 e. The maximum absolute atomic E-state index is 4.19. The molecule has 0 saturated carbocycles. The first kappa shape index (κ1) is 8.00. The van der Waals surface area contributed by atoms with Crippen molar-refractivity contribution in [1.82, 2.24) is 20.2 Å². The van der Waals surface area contributed by atoms with Crippen LogP contribution in [0, 0.1) is 0 Å². The van der Waals surface area contributed by atoms with E-state index in [0.717, 1.165) is 15.1 Å². The Kier molecular flexibility index (Phi) is 2.02. The number of halogens is 1. The summed E-state index contributed by atoms with van der Waals surface area (Å²) in [7, 11) is 0. The van der Waals surface area contributed by atoms with Crippen LogP contribution in [0.15, 0.2) is 16.0 Å². The lowest BCUT2D eigenvalue weighted by Gasteiger charge is -1.91. The highest BCUT2D eigenvalue weighted by molar-refractivity contribution is 9.10. The molecule has 0 aliphatic rings. The maximum Gasteiger partial charge on any atom is 0.189 e. The molecule has 0 amide bonds. The van der Waals surface area contributed by atoms with Crippen molar-refractivity contribution in [3.05, 3.63) is 10.8 Å². The summed E-state index contributed by atoms with van der Waals surface area (Å²) < 4.78 is 0.824. The van der Waals surface area contributed by atoms with Gasteiger partial charge in [0.05, 0.1) is 5.39 Å². The van der Waals surface area contributed by atoms with E-state index < -0.39 is 0 Å². The second-order valence-electron chi connectivity index (χ2n) is 2.13. The van der Waals surface area contributed by atoms with Crippen LogP contribution >= 0.6 is 27.7 Å². The molecule has 12 heavy (non-hydrogen) atoms. The molecule has 2 rings (SSSR count). The maximum atomic E-state index is 4.19. The second-order valence-corrected chi connectivity index (χ2v) is 3.70. The molecule has 2 aromatic heterocycles. The number of thioether (sulfide) groups is 1. The molecule has 0 spiro atoms. The standard InChI is InChI=1S/C6H5BrN4S/c1-12-6-8-2-3-4(7)10-11-5(3)9-6/h2H,1H3,(H,8,9,10,11). The third-order valence-electron chi connectivity index (χ3n) is 1.43. The van der Waals surface area contributed by atoms with Gasteiger partial charge in [-0.15, -0.1) is 0 Å². The van der Waals surface area contributed by atoms with E-state index in [-0.39, 0.29) is 0 Å². The van der Waals surface area contributed by atoms with Crippen LogP contribution < -0.4 is 0 Å². The van der Waals surface area contributed by atoms with Gasteiger partial charge in [-0.05, 0) is 22.2 Å². The molecule has 2 aromatic rings. The first-order valence-corrected chi connectivity index (χ1v) is 5.23. The zero-order chi connectivity index (χ0) is 8.55. The largest absolute Gasteiger partial charge is 0.269 e. The minimum absolute atomic E-state index is 0.696. The van der Waals surface area contributed by atoms with Crippen molar-refractivity contribution in [2.45, 2.75) is 5.16 Å². The first-order valence-electron chi connectivity index (χ1n) is 3.22. The van der Waals surface area contributed by atoms with E-state index in [1.165, 1.54) is 11.8 Å². The summed E-state index contributed by atoms with van der Waals surface area (Å²) in [5, 5.41) is 8.42. The van der Waals surface area contributed by atoms with Crippen LogP contribution in [0.4, 0.5) is 0 Å². The van der Waals surface area contributed by atoms with E-state index in [1.807, 2.05) is 6.26 Å². The number of H-pyrrole nitrogens is 1. The molecule has 4 nitrogen and oxygen atoms in total. The zero-order valence-corrected chi connectivity index (χ0v) is 8.61. The number of hydrogen-bond donors (Lipinski definition) is 1. The summed E-state index contributed by atoms with van der Waals surface area (Å²) in [5.74, 6) is 0. The summed E-state index contributed by atoms with van der Waals surface area (Å²) in [6, 6.07) is 0. The smallest absolute Gasteiger partial charge is 0.189 e. The van der Waals surface area contributed by atoms with Crippen LogP contribution in [-0.2, 0) is 0 Å². The molecule has 0 aromatic carbocycles. The quantitative estimate of drug-likeness (QED) is 0.615. The van der Waals surface area contributed by atoms with Crippen molar-refractivity contribution >= 4 is 38.7 Å². The highest BCUT2D eigenvalue weighted by Crippen LogP contribution is 2.19. The molecule has 0 atom stereocenters. The Morgan fingerprint density at radius 3 is 3.17 bits per heavy atom. The number of hydrogen-bond acceptors (Lipinski definition) is 4. The lowest BCUT2D eigenvalue weighted by molar-refractivity contribution is 0.983. The third kappa shape index (κ3) is 1.21. The molecule has 0 aliphatic carbocycles. The second kappa shape index (κ2) is 3.02. The predicted molar refractivity (Wildman–Crippen MR) is 51.2 cm³/mol. The molecule has 0 radical (unpaired) electrons. The molecule has 0 aliphatic heterocycles. The van der Waals surface area contributed by atoms with Crippen LogP contribution in [-0.4, -0.2) is 26.4 Å². The summed E-state index contributed by atoms with van der Waals surface area (Å²) in [4.78, 5) is 8.31. The Morgan fingerprint density at radius 2 is 2.42 bits per heavy atom. The lowest BCUT2D eigenvalue weighted by Crippen LogP contribution is -1.84. The van der Waals surface area contributed by atoms with Crippen molar-refractivity contribution in [1.29, 1.82) is 0 Å². The van der Waals surface area contributed by atoms with Crippen LogP contribution in [0.2, 0.25) is 0 Å². The summed E-state index contributed by atoms with van der Waals surface area (Å²) in [6.45, 7) is 0. The summed E-state index contributed by atoms with van der Waals surface area (Å²) in [6.07, 6.45) is 3.69. The number of rotatable bonds is 1. The molecule has 0 unspecified atom stereocenters. The van der Waals surface area contributed by atoms with Gasteiger partial charge in [-0.25, -0.2) is 9.97 Å². The average Bonchev–Trinajstić information content (AvgIpc) is 2.47. The SMILES string of the molecule is CSc1ncc2c(Br)[nH]nc2n1. The van der Waals surface area contributed by atoms with Gasteiger partial charge in [-0.1, -0.05) is 11.8 Å². The van der Waals surface area contributed by atoms with Crippen molar-refractivity contribution < 1.29 is 0 Å². The van der Waals surface area contributed by atoms with Crippen molar-refractivity contribution in [2.24, 2.45) is 0 Å². The van der Waals surface area contributed by atoms with Crippen LogP contribution in [0.1, 0.15) is 0 Å². The average molecular weight is 245 g/mol. The molecule has 0 fully saturated rings. The van der Waals surface area contributed by atoms with Crippen LogP contribution in [0.25, 0.3) is 11.0 Å². The molecular weight excluding hydrogens is 240 g/mol. The normalized spacial score (nSPS) is 10.8. The molecule has 1 N–H and O–H groups in total. The Hall–Kier alpha value is -0.620. The van der Waals surface area contributed by atoms with Gasteiger partial charge in [0.2, 0.25) is 0 Å². The molecule has 6 heteroatoms. The molecule has 2 heterocycles. The number of nitrogens with zero attached hydrogens (tertiary/aromatic N) is 3. The topological polar surface area (TPSA) is 54.5 Å². The number of aromatic nitrogens is 4.